The van der Waals surface area contributed by atoms with E-state index in [-0.39, 0.29) is 23.4 Å². The van der Waals surface area contributed by atoms with Gasteiger partial charge < -0.3 is 20.3 Å². The van der Waals surface area contributed by atoms with E-state index in [1.54, 1.807) is 6.07 Å². The molecule has 1 rings (SSSR count). The second kappa shape index (κ2) is 6.26. The zero-order chi connectivity index (χ0) is 13.7. The summed E-state index contributed by atoms with van der Waals surface area (Å²) in [7, 11) is 1.35. The molecule has 18 heavy (non-hydrogen) atoms. The van der Waals surface area contributed by atoms with Crippen molar-refractivity contribution in [2.45, 2.75) is 26.4 Å². The van der Waals surface area contributed by atoms with Gasteiger partial charge in [0.1, 0.15) is 6.04 Å². The third-order valence-electron chi connectivity index (χ3n) is 2.69. The molecule has 5 nitrogen and oxygen atoms in total. The summed E-state index contributed by atoms with van der Waals surface area (Å²) in [5.74, 6) is -0.545. The molecule has 0 bridgehead atoms. The summed E-state index contributed by atoms with van der Waals surface area (Å²) in [6.45, 7) is 4.25. The van der Waals surface area contributed by atoms with Crippen LogP contribution in [0.5, 0.6) is 11.5 Å². The summed E-state index contributed by atoms with van der Waals surface area (Å²) in [6, 6.07) is 4.15. The first-order valence-corrected chi connectivity index (χ1v) is 5.77. The van der Waals surface area contributed by atoms with Crippen molar-refractivity contribution in [3.05, 3.63) is 23.8 Å². The Bertz CT molecular complexity index is 417. The van der Waals surface area contributed by atoms with Crippen LogP contribution in [-0.4, -0.2) is 29.3 Å². The van der Waals surface area contributed by atoms with Crippen LogP contribution in [0.1, 0.15) is 19.4 Å². The molecule has 0 amide bonds. The Labute approximate surface area is 106 Å². The lowest BCUT2D eigenvalue weighted by Crippen LogP contribution is -2.41. The Balaban J connectivity index is 2.67. The minimum Gasteiger partial charge on any atom is -0.504 e. The predicted octanol–water partition coefficient (Wildman–Crippen LogP) is 1.38. The van der Waals surface area contributed by atoms with E-state index >= 15 is 0 Å². The fraction of sp³-hybridized carbons (Fsp3) is 0.462. The highest BCUT2D eigenvalue weighted by molar-refractivity contribution is 5.75. The predicted molar refractivity (Wildman–Crippen MR) is 67.3 cm³/mol. The molecule has 5 heteroatoms. The Morgan fingerprint density at radius 3 is 2.50 bits per heavy atom. The average molecular weight is 253 g/mol. The molecular formula is C13H19NO4. The molecule has 1 atom stereocenters. The van der Waals surface area contributed by atoms with Crippen molar-refractivity contribution < 1.29 is 19.7 Å². The number of carbonyl (C=O) groups excluding carboxylic acids is 1. The van der Waals surface area contributed by atoms with Crippen LogP contribution in [0.2, 0.25) is 0 Å². The highest BCUT2D eigenvalue weighted by Crippen LogP contribution is 2.24. The van der Waals surface area contributed by atoms with E-state index in [1.165, 1.54) is 19.2 Å². The molecule has 0 aromatic heterocycles. The van der Waals surface area contributed by atoms with Gasteiger partial charge in [0.2, 0.25) is 0 Å². The first-order valence-electron chi connectivity index (χ1n) is 5.77. The minimum atomic E-state index is -0.397. The van der Waals surface area contributed by atoms with E-state index < -0.39 is 6.04 Å². The number of hydrogen-bond donors (Lipinski definition) is 3. The number of rotatable bonds is 5. The van der Waals surface area contributed by atoms with Crippen molar-refractivity contribution in [3.63, 3.8) is 0 Å². The zero-order valence-electron chi connectivity index (χ0n) is 10.8. The van der Waals surface area contributed by atoms with Crippen molar-refractivity contribution >= 4 is 5.97 Å². The largest absolute Gasteiger partial charge is 0.504 e. The second-order valence-electron chi connectivity index (χ2n) is 4.45. The number of benzene rings is 1. The van der Waals surface area contributed by atoms with E-state index in [2.05, 4.69) is 5.32 Å². The van der Waals surface area contributed by atoms with Gasteiger partial charge >= 0.3 is 5.97 Å². The van der Waals surface area contributed by atoms with Gasteiger partial charge in [-0.3, -0.25) is 4.79 Å². The van der Waals surface area contributed by atoms with Gasteiger partial charge in [-0.05, 0) is 23.6 Å². The zero-order valence-corrected chi connectivity index (χ0v) is 10.8. The number of hydrogen-bond acceptors (Lipinski definition) is 5. The minimum absolute atomic E-state index is 0.100. The molecule has 0 unspecified atom stereocenters. The molecule has 3 N–H and O–H groups in total. The lowest BCUT2D eigenvalue weighted by molar-refractivity contribution is -0.144. The summed E-state index contributed by atoms with van der Waals surface area (Å²) in [6.07, 6.45) is 0. The van der Waals surface area contributed by atoms with Crippen molar-refractivity contribution in [2.75, 3.05) is 7.11 Å². The van der Waals surface area contributed by atoms with Gasteiger partial charge in [0.25, 0.3) is 0 Å². The maximum atomic E-state index is 11.5. The third kappa shape index (κ3) is 3.63. The number of nitrogens with one attached hydrogen (secondary N) is 1. The number of phenols is 2. The van der Waals surface area contributed by atoms with Gasteiger partial charge in [-0.15, -0.1) is 0 Å². The monoisotopic (exact) mass is 253 g/mol. The second-order valence-corrected chi connectivity index (χ2v) is 4.45. The number of carbonyl (C=O) groups is 1. The van der Waals surface area contributed by atoms with E-state index in [1.807, 2.05) is 13.8 Å². The number of phenolic OH excluding ortho intramolecular Hbond substituents is 2. The lowest BCUT2D eigenvalue weighted by atomic mass is 10.0. The number of aromatic hydroxyl groups is 2. The van der Waals surface area contributed by atoms with E-state index in [4.69, 9.17) is 4.74 Å². The summed E-state index contributed by atoms with van der Waals surface area (Å²) >= 11 is 0. The SMILES string of the molecule is COC(=O)[C@H](NCc1ccc(O)c(O)c1)C(C)C. The first-order chi connectivity index (χ1) is 8.45. The number of ether oxygens (including phenoxy) is 1. The van der Waals surface area contributed by atoms with Crippen molar-refractivity contribution in [1.82, 2.24) is 5.32 Å². The highest BCUT2D eigenvalue weighted by Gasteiger charge is 2.22. The van der Waals surface area contributed by atoms with Gasteiger partial charge in [0, 0.05) is 6.54 Å². The molecule has 1 aromatic carbocycles. The van der Waals surface area contributed by atoms with Crippen LogP contribution in [0.15, 0.2) is 18.2 Å². The first kappa shape index (κ1) is 14.3. The molecule has 1 aromatic rings. The molecule has 0 aliphatic rings. The van der Waals surface area contributed by atoms with Crippen molar-refractivity contribution in [2.24, 2.45) is 5.92 Å². The third-order valence-corrected chi connectivity index (χ3v) is 2.69. The molecule has 0 radical (unpaired) electrons. The molecular weight excluding hydrogens is 234 g/mol. The van der Waals surface area contributed by atoms with Crippen molar-refractivity contribution in [3.8, 4) is 11.5 Å². The van der Waals surface area contributed by atoms with E-state index in [9.17, 15) is 15.0 Å². The van der Waals surface area contributed by atoms with Crippen LogP contribution in [-0.2, 0) is 16.1 Å². The van der Waals surface area contributed by atoms with Crippen LogP contribution in [0.25, 0.3) is 0 Å². The number of methoxy groups -OCH3 is 1. The number of esters is 1. The Hall–Kier alpha value is -1.75. The molecule has 0 spiro atoms. The fourth-order valence-electron chi connectivity index (χ4n) is 1.62. The Morgan fingerprint density at radius 2 is 2.00 bits per heavy atom. The standard InChI is InChI=1S/C13H19NO4/c1-8(2)12(13(17)18-3)14-7-9-4-5-10(15)11(16)6-9/h4-6,8,12,14-16H,7H2,1-3H3/t12-/m1/s1. The molecule has 0 aliphatic heterocycles. The van der Waals surface area contributed by atoms with Crippen LogP contribution in [0.3, 0.4) is 0 Å². The average Bonchev–Trinajstić information content (AvgIpc) is 2.33. The highest BCUT2D eigenvalue weighted by atomic mass is 16.5. The summed E-state index contributed by atoms with van der Waals surface area (Å²) in [5.41, 5.74) is 0.778. The van der Waals surface area contributed by atoms with E-state index in [0.29, 0.717) is 6.54 Å². The molecule has 0 aliphatic carbocycles. The van der Waals surface area contributed by atoms with E-state index in [0.717, 1.165) is 5.56 Å². The normalized spacial score (nSPS) is 12.4. The molecule has 0 heterocycles. The van der Waals surface area contributed by atoms with Gasteiger partial charge in [0.05, 0.1) is 7.11 Å². The van der Waals surface area contributed by atoms with Gasteiger partial charge in [-0.1, -0.05) is 19.9 Å². The van der Waals surface area contributed by atoms with Crippen molar-refractivity contribution in [1.29, 1.82) is 0 Å². The Kier molecular flexibility index (Phi) is 4.97. The van der Waals surface area contributed by atoms with Gasteiger partial charge in [-0.2, -0.15) is 0 Å². The topological polar surface area (TPSA) is 78.8 Å². The smallest absolute Gasteiger partial charge is 0.323 e. The maximum absolute atomic E-state index is 11.5. The quantitative estimate of drug-likeness (QED) is 0.546. The van der Waals surface area contributed by atoms with Gasteiger partial charge in [-0.25, -0.2) is 0 Å². The molecule has 0 fully saturated rings. The summed E-state index contributed by atoms with van der Waals surface area (Å²) in [5, 5.41) is 21.6. The lowest BCUT2D eigenvalue weighted by Gasteiger charge is -2.19. The molecule has 0 saturated carbocycles. The fourth-order valence-corrected chi connectivity index (χ4v) is 1.62. The van der Waals surface area contributed by atoms with Crippen LogP contribution in [0.4, 0.5) is 0 Å². The van der Waals surface area contributed by atoms with Gasteiger partial charge in [0.15, 0.2) is 11.5 Å². The van der Waals surface area contributed by atoms with Crippen LogP contribution >= 0.6 is 0 Å². The summed E-state index contributed by atoms with van der Waals surface area (Å²) < 4.78 is 4.71. The van der Waals surface area contributed by atoms with Crippen LogP contribution < -0.4 is 5.32 Å². The van der Waals surface area contributed by atoms with Crippen LogP contribution in [0, 0.1) is 5.92 Å². The Morgan fingerprint density at radius 1 is 1.33 bits per heavy atom. The summed E-state index contributed by atoms with van der Waals surface area (Å²) in [4.78, 5) is 11.5. The maximum Gasteiger partial charge on any atom is 0.323 e. The molecule has 100 valence electrons. The molecule has 0 saturated heterocycles.